The van der Waals surface area contributed by atoms with Crippen molar-refractivity contribution in [2.24, 2.45) is 17.6 Å². The van der Waals surface area contributed by atoms with E-state index in [0.717, 1.165) is 57.7 Å². The summed E-state index contributed by atoms with van der Waals surface area (Å²) in [7, 11) is 0. The number of hydrogen-bond acceptors (Lipinski definition) is 5. The number of anilines is 1. The minimum atomic E-state index is -0.174. The highest BCUT2D eigenvalue weighted by molar-refractivity contribution is 5.95. The number of carbonyl (C=O) groups excluding carboxylic acids is 2. The molecule has 3 N–H and O–H groups in total. The molecule has 3 unspecified atom stereocenters. The van der Waals surface area contributed by atoms with Crippen LogP contribution in [0.1, 0.15) is 46.1 Å². The third-order valence-corrected chi connectivity index (χ3v) is 6.67. The Bertz CT molecular complexity index is 749. The van der Waals surface area contributed by atoms with Crippen molar-refractivity contribution in [1.82, 2.24) is 9.80 Å². The predicted molar refractivity (Wildman–Crippen MR) is 127 cm³/mol. The van der Waals surface area contributed by atoms with E-state index in [-0.39, 0.29) is 41.9 Å². The van der Waals surface area contributed by atoms with Crippen LogP contribution in [0.15, 0.2) is 24.3 Å². The van der Waals surface area contributed by atoms with Gasteiger partial charge >= 0.3 is 0 Å². The van der Waals surface area contributed by atoms with E-state index in [9.17, 15) is 9.59 Å². The molecular weight excluding hydrogens is 404 g/mol. The van der Waals surface area contributed by atoms with Crippen LogP contribution < -0.4 is 11.1 Å². The van der Waals surface area contributed by atoms with Gasteiger partial charge in [0.15, 0.2) is 0 Å². The summed E-state index contributed by atoms with van der Waals surface area (Å²) in [6, 6.07) is 8.00. The Hall–Kier alpha value is -1.96. The number of ether oxygens (including phenoxy) is 1. The molecule has 0 spiro atoms. The van der Waals surface area contributed by atoms with E-state index in [0.29, 0.717) is 0 Å². The van der Waals surface area contributed by atoms with Gasteiger partial charge in [-0.05, 0) is 69.8 Å². The van der Waals surface area contributed by atoms with Gasteiger partial charge in [-0.15, -0.1) is 0 Å². The summed E-state index contributed by atoms with van der Waals surface area (Å²) in [5, 5.41) is 3.12. The van der Waals surface area contributed by atoms with Gasteiger partial charge in [0, 0.05) is 31.2 Å². The van der Waals surface area contributed by atoms with Crippen LogP contribution in [0.5, 0.6) is 0 Å². The Balaban J connectivity index is 1.50. The van der Waals surface area contributed by atoms with Crippen LogP contribution in [0, 0.1) is 11.8 Å². The summed E-state index contributed by atoms with van der Waals surface area (Å²) in [6.45, 7) is 12.7. The first-order chi connectivity index (χ1) is 15.2. The third kappa shape index (κ3) is 6.77. The molecule has 2 heterocycles. The van der Waals surface area contributed by atoms with E-state index in [1.54, 1.807) is 0 Å². The van der Waals surface area contributed by atoms with Gasteiger partial charge in [-0.25, -0.2) is 0 Å². The minimum absolute atomic E-state index is 0.0349. The maximum absolute atomic E-state index is 13.1. The smallest absolute Gasteiger partial charge is 0.241 e. The molecule has 32 heavy (non-hydrogen) atoms. The maximum Gasteiger partial charge on any atom is 0.241 e. The second-order valence-electron chi connectivity index (χ2n) is 9.85. The van der Waals surface area contributed by atoms with Gasteiger partial charge in [0.2, 0.25) is 11.8 Å². The molecule has 2 amide bonds. The second-order valence-corrected chi connectivity index (χ2v) is 9.85. The number of hydrogen-bond donors (Lipinski definition) is 2. The highest BCUT2D eigenvalue weighted by Crippen LogP contribution is 2.21. The highest BCUT2D eigenvalue weighted by atomic mass is 16.5. The Morgan fingerprint density at radius 2 is 1.69 bits per heavy atom. The fourth-order valence-corrected chi connectivity index (χ4v) is 5.03. The number of likely N-dealkylation sites (tertiary alicyclic amines) is 1. The van der Waals surface area contributed by atoms with Gasteiger partial charge in [-0.3, -0.25) is 14.5 Å². The number of piperidine rings is 1. The number of nitrogens with zero attached hydrogens (tertiary/aromatic N) is 2. The number of benzene rings is 1. The lowest BCUT2D eigenvalue weighted by Gasteiger charge is -2.41. The number of morpholine rings is 1. The zero-order chi connectivity index (χ0) is 23.3. The lowest BCUT2D eigenvalue weighted by Crippen LogP contribution is -2.55. The first kappa shape index (κ1) is 24.7. The molecule has 2 saturated heterocycles. The van der Waals surface area contributed by atoms with E-state index in [4.69, 9.17) is 10.5 Å². The lowest BCUT2D eigenvalue weighted by atomic mass is 9.96. The topological polar surface area (TPSA) is 87.9 Å². The third-order valence-electron chi connectivity index (χ3n) is 6.67. The zero-order valence-electron chi connectivity index (χ0n) is 20.0. The van der Waals surface area contributed by atoms with Crippen LogP contribution in [-0.2, 0) is 20.7 Å². The van der Waals surface area contributed by atoms with E-state index in [1.165, 1.54) is 5.56 Å². The number of nitrogens with two attached hydrogens (primary N) is 1. The summed E-state index contributed by atoms with van der Waals surface area (Å²) in [5.41, 5.74) is 7.50. The monoisotopic (exact) mass is 444 g/mol. The zero-order valence-corrected chi connectivity index (χ0v) is 20.0. The Kier molecular flexibility index (Phi) is 8.68. The van der Waals surface area contributed by atoms with Crippen molar-refractivity contribution in [2.45, 2.75) is 65.2 Å². The molecule has 1 aromatic rings. The summed E-state index contributed by atoms with van der Waals surface area (Å²) >= 11 is 0. The second kappa shape index (κ2) is 11.3. The molecule has 3 atom stereocenters. The molecule has 178 valence electrons. The van der Waals surface area contributed by atoms with Crippen LogP contribution in [0.4, 0.5) is 5.69 Å². The van der Waals surface area contributed by atoms with Crippen molar-refractivity contribution in [3.05, 3.63) is 29.8 Å². The molecule has 0 radical (unpaired) electrons. The SMILES string of the molecule is CC1CN(C(C(=O)Nc2ccc(CCN3CCC(C(N)=O)CC3)cc2)C(C)C)CC(C)O1. The van der Waals surface area contributed by atoms with E-state index < -0.39 is 0 Å². The van der Waals surface area contributed by atoms with Crippen molar-refractivity contribution in [3.8, 4) is 0 Å². The van der Waals surface area contributed by atoms with Crippen molar-refractivity contribution in [1.29, 1.82) is 0 Å². The van der Waals surface area contributed by atoms with Crippen LogP contribution in [-0.4, -0.2) is 72.6 Å². The number of primary amides is 1. The largest absolute Gasteiger partial charge is 0.373 e. The summed E-state index contributed by atoms with van der Waals surface area (Å²) in [4.78, 5) is 29.1. The molecule has 7 heteroatoms. The van der Waals surface area contributed by atoms with Gasteiger partial charge in [0.1, 0.15) is 0 Å². The van der Waals surface area contributed by atoms with E-state index in [1.807, 2.05) is 12.1 Å². The normalized spacial score (nSPS) is 24.4. The lowest BCUT2D eigenvalue weighted by molar-refractivity contribution is -0.130. The average Bonchev–Trinajstić information content (AvgIpc) is 2.72. The maximum atomic E-state index is 13.1. The van der Waals surface area contributed by atoms with Gasteiger partial charge in [0.25, 0.3) is 0 Å². The standard InChI is InChI=1S/C25H40N4O3/c1-17(2)23(29-15-18(3)32-19(4)16-29)25(31)27-22-7-5-20(6-8-22)9-12-28-13-10-21(11-14-28)24(26)30/h5-8,17-19,21,23H,9-16H2,1-4H3,(H2,26,30)(H,27,31). The Labute approximate surface area is 192 Å². The Morgan fingerprint density at radius 1 is 1.09 bits per heavy atom. The van der Waals surface area contributed by atoms with Crippen molar-refractivity contribution >= 4 is 17.5 Å². The van der Waals surface area contributed by atoms with Gasteiger partial charge in [0.05, 0.1) is 18.2 Å². The minimum Gasteiger partial charge on any atom is -0.373 e. The molecule has 1 aromatic carbocycles. The van der Waals surface area contributed by atoms with Gasteiger partial charge in [-0.1, -0.05) is 26.0 Å². The quantitative estimate of drug-likeness (QED) is 0.643. The first-order valence-corrected chi connectivity index (χ1v) is 12.0. The molecule has 2 aliphatic heterocycles. The van der Waals surface area contributed by atoms with Gasteiger partial charge < -0.3 is 20.7 Å². The highest BCUT2D eigenvalue weighted by Gasteiger charge is 2.34. The molecule has 0 aliphatic carbocycles. The summed E-state index contributed by atoms with van der Waals surface area (Å²) < 4.78 is 5.84. The predicted octanol–water partition coefficient (Wildman–Crippen LogP) is 2.50. The molecule has 7 nitrogen and oxygen atoms in total. The van der Waals surface area contributed by atoms with Crippen molar-refractivity contribution in [3.63, 3.8) is 0 Å². The van der Waals surface area contributed by atoms with Crippen LogP contribution in [0.3, 0.4) is 0 Å². The van der Waals surface area contributed by atoms with Crippen molar-refractivity contribution < 1.29 is 14.3 Å². The number of rotatable bonds is 8. The summed E-state index contributed by atoms with van der Waals surface area (Å²) in [5.74, 6) is 0.129. The molecule has 0 bridgehead atoms. The van der Waals surface area contributed by atoms with Crippen LogP contribution >= 0.6 is 0 Å². The van der Waals surface area contributed by atoms with Crippen LogP contribution in [0.25, 0.3) is 0 Å². The average molecular weight is 445 g/mol. The first-order valence-electron chi connectivity index (χ1n) is 12.0. The van der Waals surface area contributed by atoms with Crippen LogP contribution in [0.2, 0.25) is 0 Å². The van der Waals surface area contributed by atoms with Crippen molar-refractivity contribution in [2.75, 3.05) is 38.0 Å². The molecule has 2 aliphatic rings. The molecular formula is C25H40N4O3. The van der Waals surface area contributed by atoms with E-state index in [2.05, 4.69) is 54.9 Å². The molecule has 3 rings (SSSR count). The summed E-state index contributed by atoms with van der Waals surface area (Å²) in [6.07, 6.45) is 2.94. The molecule has 0 saturated carbocycles. The fourth-order valence-electron chi connectivity index (χ4n) is 5.03. The molecule has 2 fully saturated rings. The molecule has 0 aromatic heterocycles. The Morgan fingerprint density at radius 3 is 2.22 bits per heavy atom. The van der Waals surface area contributed by atoms with Gasteiger partial charge in [-0.2, -0.15) is 0 Å². The number of amides is 2. The van der Waals surface area contributed by atoms with E-state index >= 15 is 0 Å². The fraction of sp³-hybridized carbons (Fsp3) is 0.680. The number of carbonyl (C=O) groups is 2. The number of nitrogens with one attached hydrogen (secondary N) is 1.